The van der Waals surface area contributed by atoms with Crippen molar-refractivity contribution < 1.29 is 24.7 Å². The smallest absolute Gasteiger partial charge is 2.00 e. The van der Waals surface area contributed by atoms with Gasteiger partial charge in [0.15, 0.2) is 0 Å². The van der Waals surface area contributed by atoms with Crippen LogP contribution in [0.4, 0.5) is 0 Å². The second kappa shape index (κ2) is 4.75. The summed E-state index contributed by atoms with van der Waals surface area (Å²) in [5, 5.41) is 0. The third-order valence-electron chi connectivity index (χ3n) is 0. The predicted molar refractivity (Wildman–Crippen MR) is 20.7 cm³/mol. The molecule has 0 amide bonds. The first-order valence-electron chi connectivity index (χ1n) is 0.783. The van der Waals surface area contributed by atoms with Crippen molar-refractivity contribution in [3.63, 3.8) is 0 Å². The van der Waals surface area contributed by atoms with Gasteiger partial charge in [-0.25, -0.2) is 4.57 Å². The van der Waals surface area contributed by atoms with Crippen LogP contribution in [0.1, 0.15) is 0 Å². The summed E-state index contributed by atoms with van der Waals surface area (Å²) in [6, 6.07) is 0. The molecule has 0 aliphatic heterocycles. The normalized spacial score (nSPS) is 8.43. The van der Waals surface area contributed by atoms with Gasteiger partial charge >= 0.3 is 25.2 Å². The number of rotatable bonds is 0. The van der Waals surface area contributed by atoms with Crippen molar-refractivity contribution in [2.75, 3.05) is 0 Å². The molecule has 0 bridgehead atoms. The molecule has 0 aliphatic carbocycles. The average Bonchev–Trinajstić information content (AvgIpc) is 0.722. The van der Waals surface area contributed by atoms with E-state index in [-0.39, 0.29) is 22.8 Å². The van der Waals surface area contributed by atoms with Gasteiger partial charge in [0, 0.05) is 0 Å². The molecule has 3 N–H and O–H groups in total. The fourth-order valence-electron chi connectivity index (χ4n) is 0. The zero-order valence-electron chi connectivity index (χ0n) is 3.18. The molecule has 0 atom stereocenters. The maximum Gasteiger partial charge on any atom is 3.00 e. The SMILES string of the molecule is O=P(O)(O)O.[Al+3].[O-2]. The summed E-state index contributed by atoms with van der Waals surface area (Å²) in [7, 11) is -4.64. The zero-order chi connectivity index (χ0) is 4.50. The molecule has 0 spiro atoms. The fourth-order valence-corrected chi connectivity index (χ4v) is 0. The maximum absolute atomic E-state index is 8.88. The summed E-state index contributed by atoms with van der Waals surface area (Å²) in [6.07, 6.45) is 0. The van der Waals surface area contributed by atoms with E-state index in [4.69, 9.17) is 19.2 Å². The molecule has 7 heteroatoms. The monoisotopic (exact) mass is 141 g/mol. The largest absolute Gasteiger partial charge is 3.00 e. The number of hydrogen-bond donors (Lipinski definition) is 3. The minimum absolute atomic E-state index is 0. The van der Waals surface area contributed by atoms with E-state index in [0.29, 0.717) is 0 Å². The zero-order valence-corrected chi connectivity index (χ0v) is 5.23. The van der Waals surface area contributed by atoms with Crippen molar-refractivity contribution in [1.82, 2.24) is 0 Å². The molecule has 5 nitrogen and oxygen atoms in total. The summed E-state index contributed by atoms with van der Waals surface area (Å²) in [5.74, 6) is 0. The molecule has 0 aromatic carbocycles. The van der Waals surface area contributed by atoms with E-state index in [1.54, 1.807) is 0 Å². The molecule has 7 heavy (non-hydrogen) atoms. The Hall–Kier alpha value is 0.602. The standard InChI is InChI=1S/Al.H3O4P.O/c;1-5(2,3)4;/h;(H3,1,2,3,4);/q+3;;-2. The van der Waals surface area contributed by atoms with E-state index in [2.05, 4.69) is 0 Å². The second-order valence-corrected chi connectivity index (χ2v) is 1.54. The molecule has 0 fully saturated rings. The van der Waals surface area contributed by atoms with Gasteiger partial charge in [-0.15, -0.1) is 0 Å². The number of phosphoric acid groups is 1. The third kappa shape index (κ3) is 385. The van der Waals surface area contributed by atoms with Crippen LogP contribution < -0.4 is 0 Å². The summed E-state index contributed by atoms with van der Waals surface area (Å²) in [6.45, 7) is 0. The summed E-state index contributed by atoms with van der Waals surface area (Å²) in [4.78, 5) is 21.6. The van der Waals surface area contributed by atoms with Crippen LogP contribution in [0.2, 0.25) is 0 Å². The molecule has 0 heterocycles. The van der Waals surface area contributed by atoms with Crippen LogP contribution in [0.15, 0.2) is 0 Å². The van der Waals surface area contributed by atoms with Gasteiger partial charge in [-0.2, -0.15) is 0 Å². The molecule has 0 aliphatic rings. The van der Waals surface area contributed by atoms with Gasteiger partial charge in [0.25, 0.3) is 0 Å². The van der Waals surface area contributed by atoms with Crippen molar-refractivity contribution in [3.05, 3.63) is 0 Å². The van der Waals surface area contributed by atoms with Gasteiger partial charge in [0.1, 0.15) is 0 Å². The van der Waals surface area contributed by atoms with Crippen LogP contribution in [-0.2, 0) is 10.0 Å². The van der Waals surface area contributed by atoms with Crippen molar-refractivity contribution in [1.29, 1.82) is 0 Å². The van der Waals surface area contributed by atoms with E-state index in [0.717, 1.165) is 0 Å². The quantitative estimate of drug-likeness (QED) is 0.284. The molecule has 0 saturated heterocycles. The summed E-state index contributed by atoms with van der Waals surface area (Å²) in [5.41, 5.74) is 0. The first kappa shape index (κ1) is 15.6. The van der Waals surface area contributed by atoms with Gasteiger partial charge in [-0.1, -0.05) is 0 Å². The molecule has 0 aromatic rings. The van der Waals surface area contributed by atoms with Gasteiger partial charge < -0.3 is 20.2 Å². The van der Waals surface area contributed by atoms with Crippen LogP contribution in [0.5, 0.6) is 0 Å². The Morgan fingerprint density at radius 2 is 1.14 bits per heavy atom. The molecule has 0 saturated carbocycles. The van der Waals surface area contributed by atoms with Crippen molar-refractivity contribution in [3.8, 4) is 0 Å². The van der Waals surface area contributed by atoms with Crippen molar-refractivity contribution in [2.45, 2.75) is 0 Å². The van der Waals surface area contributed by atoms with E-state index in [1.165, 1.54) is 0 Å². The van der Waals surface area contributed by atoms with E-state index < -0.39 is 7.82 Å². The van der Waals surface area contributed by atoms with E-state index in [9.17, 15) is 0 Å². The van der Waals surface area contributed by atoms with E-state index >= 15 is 0 Å². The Labute approximate surface area is 50.7 Å². The summed E-state index contributed by atoms with van der Waals surface area (Å²) < 4.78 is 8.88. The van der Waals surface area contributed by atoms with Crippen molar-refractivity contribution >= 4 is 25.2 Å². The Balaban J connectivity index is -0.0000000800. The van der Waals surface area contributed by atoms with Crippen LogP contribution >= 0.6 is 7.82 Å². The first-order valence-corrected chi connectivity index (χ1v) is 2.35. The Morgan fingerprint density at radius 1 is 1.14 bits per heavy atom. The fraction of sp³-hybridized carbons (Fsp3) is 0. The van der Waals surface area contributed by atoms with Crippen LogP contribution in [0.3, 0.4) is 0 Å². The van der Waals surface area contributed by atoms with Gasteiger partial charge in [-0.3, -0.25) is 0 Å². The van der Waals surface area contributed by atoms with Crippen LogP contribution in [0.25, 0.3) is 0 Å². The molecular weight excluding hydrogens is 138 g/mol. The minimum atomic E-state index is -4.64. The molecule has 0 rings (SSSR count). The Morgan fingerprint density at radius 3 is 1.14 bits per heavy atom. The Kier molecular flexibility index (Phi) is 10.6. The van der Waals surface area contributed by atoms with Crippen LogP contribution in [0, 0.1) is 0 Å². The van der Waals surface area contributed by atoms with E-state index in [1.807, 2.05) is 0 Å². The van der Waals surface area contributed by atoms with Gasteiger partial charge in [-0.05, 0) is 0 Å². The molecule has 0 aromatic heterocycles. The topological polar surface area (TPSA) is 106 Å². The van der Waals surface area contributed by atoms with Crippen molar-refractivity contribution in [2.24, 2.45) is 0 Å². The molecule has 0 unspecified atom stereocenters. The predicted octanol–water partition coefficient (Wildman–Crippen LogP) is -1.43. The molecule has 40 valence electrons. The molecular formula is H3AlO5P+. The Bertz CT molecular complexity index is 54.2. The maximum atomic E-state index is 8.88. The van der Waals surface area contributed by atoms with Gasteiger partial charge in [0.2, 0.25) is 0 Å². The summed E-state index contributed by atoms with van der Waals surface area (Å²) >= 11 is 0. The molecule has 0 radical (unpaired) electrons. The second-order valence-electron chi connectivity index (χ2n) is 0.513. The van der Waals surface area contributed by atoms with Crippen LogP contribution in [-0.4, -0.2) is 32.0 Å². The third-order valence-corrected chi connectivity index (χ3v) is 0. The van der Waals surface area contributed by atoms with Gasteiger partial charge in [0.05, 0.1) is 0 Å². The average molecular weight is 141 g/mol. The minimum Gasteiger partial charge on any atom is -2.00 e. The first-order chi connectivity index (χ1) is 2.00. The number of hydrogen-bond acceptors (Lipinski definition) is 1.